The third kappa shape index (κ3) is 2.76. The fourth-order valence-corrected chi connectivity index (χ4v) is 4.16. The molecule has 0 amide bonds. The second-order valence-electron chi connectivity index (χ2n) is 6.92. The fourth-order valence-electron chi connectivity index (χ4n) is 3.68. The van der Waals surface area contributed by atoms with Gasteiger partial charge in [-0.05, 0) is 18.6 Å². The van der Waals surface area contributed by atoms with Crippen LogP contribution in [0.15, 0.2) is 74.9 Å². The molecule has 6 heteroatoms. The van der Waals surface area contributed by atoms with Gasteiger partial charge in [0.2, 0.25) is 0 Å². The first-order valence-electron chi connectivity index (χ1n) is 9.02. The van der Waals surface area contributed by atoms with E-state index in [4.69, 9.17) is 0 Å². The number of halogens is 1. The summed E-state index contributed by atoms with van der Waals surface area (Å²) >= 11 is 3.63. The number of hydrogen-bond acceptors (Lipinski definition) is 2. The molecular weight excluding hydrogens is 418 g/mol. The fraction of sp³-hybridized carbons (Fsp3) is 0.182. The van der Waals surface area contributed by atoms with Gasteiger partial charge in [0.1, 0.15) is 0 Å². The van der Waals surface area contributed by atoms with Crippen LogP contribution < -0.4 is 11.2 Å². The highest BCUT2D eigenvalue weighted by atomic mass is 79.9. The Morgan fingerprint density at radius 1 is 0.893 bits per heavy atom. The van der Waals surface area contributed by atoms with Crippen LogP contribution in [0.4, 0.5) is 0 Å². The van der Waals surface area contributed by atoms with Crippen LogP contribution >= 0.6 is 15.9 Å². The molecule has 0 spiro atoms. The number of aryl methyl sites for hydroxylation is 1. The predicted octanol–water partition coefficient (Wildman–Crippen LogP) is 4.08. The SMILES string of the molecule is C[C@H](c1ccccc1)n1cc2c(c1-c1ccccc1Br)c(=O)n(C)c(=O)n2C. The molecule has 4 rings (SSSR count). The average Bonchev–Trinajstić information content (AvgIpc) is 3.11. The van der Waals surface area contributed by atoms with E-state index in [0.29, 0.717) is 10.9 Å². The van der Waals surface area contributed by atoms with E-state index in [1.807, 2.05) is 48.7 Å². The van der Waals surface area contributed by atoms with Crippen LogP contribution in [-0.2, 0) is 14.1 Å². The van der Waals surface area contributed by atoms with Crippen molar-refractivity contribution in [2.45, 2.75) is 13.0 Å². The molecule has 142 valence electrons. The summed E-state index contributed by atoms with van der Waals surface area (Å²) in [6.45, 7) is 2.09. The number of hydrogen-bond donors (Lipinski definition) is 0. The van der Waals surface area contributed by atoms with Gasteiger partial charge in [-0.1, -0.05) is 64.5 Å². The highest BCUT2D eigenvalue weighted by molar-refractivity contribution is 9.10. The Morgan fingerprint density at radius 3 is 2.21 bits per heavy atom. The molecule has 0 radical (unpaired) electrons. The predicted molar refractivity (Wildman–Crippen MR) is 116 cm³/mol. The number of aromatic nitrogens is 3. The summed E-state index contributed by atoms with van der Waals surface area (Å²) in [4.78, 5) is 25.6. The quantitative estimate of drug-likeness (QED) is 0.484. The summed E-state index contributed by atoms with van der Waals surface area (Å²) in [5.41, 5.74) is 2.84. The van der Waals surface area contributed by atoms with Crippen molar-refractivity contribution < 1.29 is 0 Å². The zero-order chi connectivity index (χ0) is 20.0. The first-order chi connectivity index (χ1) is 13.4. The Labute approximate surface area is 170 Å². The Balaban J connectivity index is 2.16. The van der Waals surface area contributed by atoms with E-state index >= 15 is 0 Å². The molecule has 0 N–H and O–H groups in total. The molecule has 2 aromatic heterocycles. The van der Waals surface area contributed by atoms with Crippen molar-refractivity contribution in [3.05, 3.63) is 91.7 Å². The number of nitrogens with zero attached hydrogens (tertiary/aromatic N) is 3. The third-order valence-electron chi connectivity index (χ3n) is 5.29. The van der Waals surface area contributed by atoms with Gasteiger partial charge in [-0.25, -0.2) is 4.79 Å². The zero-order valence-corrected chi connectivity index (χ0v) is 17.5. The minimum Gasteiger partial charge on any atom is -0.337 e. The van der Waals surface area contributed by atoms with Crippen molar-refractivity contribution >= 4 is 26.8 Å². The minimum atomic E-state index is -0.333. The Bertz CT molecular complexity index is 1300. The van der Waals surface area contributed by atoms with Crippen molar-refractivity contribution in [2.24, 2.45) is 14.1 Å². The van der Waals surface area contributed by atoms with Crippen LogP contribution in [0.1, 0.15) is 18.5 Å². The molecule has 0 unspecified atom stereocenters. The van der Waals surface area contributed by atoms with Crippen LogP contribution in [0.3, 0.4) is 0 Å². The molecule has 0 saturated carbocycles. The van der Waals surface area contributed by atoms with Gasteiger partial charge in [-0.3, -0.25) is 13.9 Å². The lowest BCUT2D eigenvalue weighted by Crippen LogP contribution is -2.36. The topological polar surface area (TPSA) is 48.9 Å². The normalized spacial score (nSPS) is 12.4. The largest absolute Gasteiger partial charge is 0.337 e. The lowest BCUT2D eigenvalue weighted by atomic mass is 10.1. The monoisotopic (exact) mass is 437 g/mol. The standard InChI is InChI=1S/C22H20BrN3O2/c1-14(15-9-5-4-6-10-15)26-13-18-19(21(27)25(3)22(28)24(18)2)20(26)16-11-7-8-12-17(16)23/h4-14H,1-3H3/t14-/m1/s1. The molecule has 0 fully saturated rings. The maximum Gasteiger partial charge on any atom is 0.330 e. The van der Waals surface area contributed by atoms with E-state index < -0.39 is 0 Å². The Kier molecular flexibility index (Phi) is 4.59. The highest BCUT2D eigenvalue weighted by Crippen LogP contribution is 2.36. The van der Waals surface area contributed by atoms with Crippen LogP contribution in [0.25, 0.3) is 22.2 Å². The number of benzene rings is 2. The second kappa shape index (κ2) is 6.95. The summed E-state index contributed by atoms with van der Waals surface area (Å²) < 4.78 is 5.68. The van der Waals surface area contributed by atoms with Gasteiger partial charge in [-0.15, -0.1) is 0 Å². The van der Waals surface area contributed by atoms with E-state index in [9.17, 15) is 9.59 Å². The van der Waals surface area contributed by atoms with E-state index in [0.717, 1.165) is 21.3 Å². The molecule has 28 heavy (non-hydrogen) atoms. The molecule has 2 aromatic carbocycles. The maximum absolute atomic E-state index is 13.1. The summed E-state index contributed by atoms with van der Waals surface area (Å²) in [6, 6.07) is 17.9. The van der Waals surface area contributed by atoms with Gasteiger partial charge < -0.3 is 4.57 Å². The first kappa shape index (κ1) is 18.5. The lowest BCUT2D eigenvalue weighted by molar-refractivity contribution is 0.650. The third-order valence-corrected chi connectivity index (χ3v) is 5.99. The molecule has 2 heterocycles. The molecule has 4 aromatic rings. The molecule has 0 aliphatic heterocycles. The van der Waals surface area contributed by atoms with Crippen LogP contribution in [0, 0.1) is 0 Å². The number of fused-ring (bicyclic) bond motifs is 1. The molecule has 1 atom stereocenters. The molecule has 0 aliphatic rings. The second-order valence-corrected chi connectivity index (χ2v) is 7.77. The molecule has 0 aliphatic carbocycles. The van der Waals surface area contributed by atoms with Gasteiger partial charge >= 0.3 is 5.69 Å². The van der Waals surface area contributed by atoms with Crippen LogP contribution in [0.2, 0.25) is 0 Å². The van der Waals surface area contributed by atoms with E-state index in [1.165, 1.54) is 16.2 Å². The molecule has 0 bridgehead atoms. The van der Waals surface area contributed by atoms with Crippen LogP contribution in [-0.4, -0.2) is 13.7 Å². The molecule has 0 saturated heterocycles. The number of rotatable bonds is 3. The average molecular weight is 438 g/mol. The highest BCUT2D eigenvalue weighted by Gasteiger charge is 2.23. The van der Waals surface area contributed by atoms with Crippen molar-refractivity contribution in [2.75, 3.05) is 0 Å². The van der Waals surface area contributed by atoms with Gasteiger partial charge in [0.25, 0.3) is 5.56 Å². The molecule has 5 nitrogen and oxygen atoms in total. The maximum atomic E-state index is 13.1. The minimum absolute atomic E-state index is 0.0180. The van der Waals surface area contributed by atoms with Gasteiger partial charge in [-0.2, -0.15) is 0 Å². The van der Waals surface area contributed by atoms with E-state index in [-0.39, 0.29) is 17.3 Å². The Morgan fingerprint density at radius 2 is 1.54 bits per heavy atom. The van der Waals surface area contributed by atoms with E-state index in [1.54, 1.807) is 7.05 Å². The smallest absolute Gasteiger partial charge is 0.330 e. The van der Waals surface area contributed by atoms with Crippen molar-refractivity contribution in [3.8, 4) is 11.3 Å². The summed E-state index contributed by atoms with van der Waals surface area (Å²) in [5.74, 6) is 0. The van der Waals surface area contributed by atoms with Gasteiger partial charge in [0, 0.05) is 30.3 Å². The molecular formula is C22H20BrN3O2. The van der Waals surface area contributed by atoms with Crippen LogP contribution in [0.5, 0.6) is 0 Å². The lowest BCUT2D eigenvalue weighted by Gasteiger charge is -2.19. The Hall–Kier alpha value is -2.86. The summed E-state index contributed by atoms with van der Waals surface area (Å²) in [5, 5.41) is 0.541. The summed E-state index contributed by atoms with van der Waals surface area (Å²) in [6.07, 6.45) is 1.91. The van der Waals surface area contributed by atoms with Gasteiger partial charge in [0.15, 0.2) is 0 Å². The summed E-state index contributed by atoms with van der Waals surface area (Å²) in [7, 11) is 3.22. The first-order valence-corrected chi connectivity index (χ1v) is 9.81. The van der Waals surface area contributed by atoms with E-state index in [2.05, 4.69) is 39.6 Å². The van der Waals surface area contributed by atoms with Gasteiger partial charge in [0.05, 0.1) is 22.6 Å². The zero-order valence-electron chi connectivity index (χ0n) is 15.9. The van der Waals surface area contributed by atoms with Crippen molar-refractivity contribution in [1.29, 1.82) is 0 Å². The van der Waals surface area contributed by atoms with Crippen molar-refractivity contribution in [1.82, 2.24) is 13.7 Å². The van der Waals surface area contributed by atoms with Crippen molar-refractivity contribution in [3.63, 3.8) is 0 Å².